The molecule has 7 atom stereocenters. The zero-order chi connectivity index (χ0) is 40.2. The Morgan fingerprint density at radius 3 is 1.72 bits per heavy atom. The average molecular weight is 742 g/mol. The van der Waals surface area contributed by atoms with Crippen molar-refractivity contribution in [3.05, 3.63) is 0 Å². The maximum Gasteiger partial charge on any atom is 0.246 e. The average Bonchev–Trinajstić information content (AvgIpc) is 3.82. The standard InChI is InChI=1S/C42H71N5O6/c1-13-16-17-18-19-20-23-31(9)38(49)43(10)35(28(4)5)40(51)45(12)37(30(8)14-2)42(53)47-27-22-25-33(47)39(50)44(11)36(29(6)7)41(52)46-26-21-24-32(46)34(48)15-3/h1,28-33,35-37H,14-27H2,2-12H3/t30-,31-,32-,33-,35-,36-,37-/m0/s1. The van der Waals surface area contributed by atoms with Gasteiger partial charge in [-0.3, -0.25) is 28.8 Å². The van der Waals surface area contributed by atoms with Crippen LogP contribution in [0.5, 0.6) is 0 Å². The molecule has 2 aliphatic rings. The highest BCUT2D eigenvalue weighted by molar-refractivity contribution is 5.97. The molecule has 2 saturated heterocycles. The van der Waals surface area contributed by atoms with E-state index in [1.807, 2.05) is 48.5 Å². The van der Waals surface area contributed by atoms with E-state index in [-0.39, 0.29) is 59.0 Å². The lowest BCUT2D eigenvalue weighted by molar-refractivity contribution is -0.157. The number of amides is 5. The molecule has 300 valence electrons. The predicted molar refractivity (Wildman–Crippen MR) is 209 cm³/mol. The van der Waals surface area contributed by atoms with Crippen LogP contribution in [0, 0.1) is 36.0 Å². The monoisotopic (exact) mass is 742 g/mol. The number of carbonyl (C=O) groups is 6. The minimum atomic E-state index is -0.843. The molecule has 0 aromatic carbocycles. The molecule has 0 bridgehead atoms. The Balaban J connectivity index is 2.30. The Hall–Kier alpha value is -3.42. The molecule has 0 aromatic rings. The zero-order valence-corrected chi connectivity index (χ0v) is 34.9. The molecule has 11 heteroatoms. The molecular weight excluding hydrogens is 670 g/mol. The number of hydrogen-bond donors (Lipinski definition) is 0. The van der Waals surface area contributed by atoms with Crippen LogP contribution in [-0.2, 0) is 28.8 Å². The fourth-order valence-electron chi connectivity index (χ4n) is 8.40. The van der Waals surface area contributed by atoms with Gasteiger partial charge in [-0.25, -0.2) is 0 Å². The van der Waals surface area contributed by atoms with Crippen LogP contribution in [0.25, 0.3) is 0 Å². The molecule has 0 aromatic heterocycles. The van der Waals surface area contributed by atoms with E-state index < -0.39 is 30.2 Å². The number of Topliss-reactive ketones (excluding diaryl/α,β-unsaturated/α-hetero) is 1. The van der Waals surface area contributed by atoms with Crippen LogP contribution >= 0.6 is 0 Å². The van der Waals surface area contributed by atoms with Gasteiger partial charge in [0.15, 0.2) is 5.78 Å². The Morgan fingerprint density at radius 1 is 0.679 bits per heavy atom. The SMILES string of the molecule is C#CCCCCCC[C@H](C)C(=O)N(C)[C@H](C(=O)N(C)[C@H](C(=O)N1CCC[C@H]1C(=O)N(C)[C@H](C(=O)N1CCC[C@H]1C(=O)CC)C(C)C)[C@@H](C)CC)C(C)C. The van der Waals surface area contributed by atoms with Gasteiger partial charge in [0.1, 0.15) is 24.2 Å². The third-order valence-corrected chi connectivity index (χ3v) is 11.7. The molecule has 2 aliphatic heterocycles. The fourth-order valence-corrected chi connectivity index (χ4v) is 8.40. The van der Waals surface area contributed by atoms with Gasteiger partial charge < -0.3 is 24.5 Å². The van der Waals surface area contributed by atoms with Crippen molar-refractivity contribution in [2.45, 2.75) is 163 Å². The zero-order valence-electron chi connectivity index (χ0n) is 34.9. The normalized spacial score (nSPS) is 20.1. The Bertz CT molecular complexity index is 1310. The second-order valence-corrected chi connectivity index (χ2v) is 16.3. The Labute approximate surface area is 320 Å². The van der Waals surface area contributed by atoms with E-state index in [0.717, 1.165) is 44.9 Å². The third kappa shape index (κ3) is 11.3. The summed E-state index contributed by atoms with van der Waals surface area (Å²) in [5.74, 6) is 0.562. The van der Waals surface area contributed by atoms with E-state index >= 15 is 0 Å². The van der Waals surface area contributed by atoms with Gasteiger partial charge in [0.05, 0.1) is 6.04 Å². The van der Waals surface area contributed by atoms with Crippen molar-refractivity contribution < 1.29 is 28.8 Å². The van der Waals surface area contributed by atoms with Crippen molar-refractivity contribution in [2.24, 2.45) is 23.7 Å². The summed E-state index contributed by atoms with van der Waals surface area (Å²) in [6.45, 7) is 16.1. The number of terminal acetylenes is 1. The molecule has 0 spiro atoms. The van der Waals surface area contributed by atoms with Crippen molar-refractivity contribution >= 4 is 35.3 Å². The molecule has 5 amide bonds. The first-order chi connectivity index (χ1) is 25.0. The van der Waals surface area contributed by atoms with Gasteiger partial charge >= 0.3 is 0 Å². The van der Waals surface area contributed by atoms with E-state index in [2.05, 4.69) is 5.92 Å². The van der Waals surface area contributed by atoms with E-state index in [0.29, 0.717) is 45.2 Å². The molecule has 2 rings (SSSR count). The molecule has 0 unspecified atom stereocenters. The summed E-state index contributed by atoms with van der Waals surface area (Å²) >= 11 is 0. The van der Waals surface area contributed by atoms with Crippen LogP contribution < -0.4 is 0 Å². The molecule has 0 N–H and O–H groups in total. The quantitative estimate of drug-likeness (QED) is 0.122. The highest BCUT2D eigenvalue weighted by atomic mass is 16.2. The molecular formula is C42H71N5O6. The maximum absolute atomic E-state index is 14.6. The van der Waals surface area contributed by atoms with E-state index in [9.17, 15) is 28.8 Å². The molecule has 11 nitrogen and oxygen atoms in total. The van der Waals surface area contributed by atoms with Gasteiger partial charge in [-0.1, -0.05) is 81.1 Å². The summed E-state index contributed by atoms with van der Waals surface area (Å²) in [6.07, 6.45) is 14.2. The van der Waals surface area contributed by atoms with E-state index in [1.165, 1.54) is 9.80 Å². The largest absolute Gasteiger partial charge is 0.333 e. The number of likely N-dealkylation sites (N-methyl/N-ethyl adjacent to an activating group) is 3. The number of likely N-dealkylation sites (tertiary alicyclic amines) is 2. The van der Waals surface area contributed by atoms with Crippen LogP contribution in [-0.4, -0.2) is 124 Å². The van der Waals surface area contributed by atoms with Gasteiger partial charge in [-0.2, -0.15) is 0 Å². The first-order valence-corrected chi connectivity index (χ1v) is 20.3. The Kier molecular flexibility index (Phi) is 18.5. The van der Waals surface area contributed by atoms with Crippen LogP contribution in [0.2, 0.25) is 0 Å². The lowest BCUT2D eigenvalue weighted by Crippen LogP contribution is -2.61. The summed E-state index contributed by atoms with van der Waals surface area (Å²) in [5.41, 5.74) is 0. The van der Waals surface area contributed by atoms with Gasteiger partial charge in [0.2, 0.25) is 29.5 Å². The number of carbonyl (C=O) groups excluding carboxylic acids is 6. The second-order valence-electron chi connectivity index (χ2n) is 16.3. The van der Waals surface area contributed by atoms with Gasteiger partial charge in [-0.15, -0.1) is 12.3 Å². The molecule has 0 radical (unpaired) electrons. The van der Waals surface area contributed by atoms with Crippen molar-refractivity contribution in [1.29, 1.82) is 0 Å². The number of nitrogens with zero attached hydrogens (tertiary/aromatic N) is 5. The van der Waals surface area contributed by atoms with Crippen molar-refractivity contribution in [2.75, 3.05) is 34.2 Å². The molecule has 2 heterocycles. The highest BCUT2D eigenvalue weighted by Crippen LogP contribution is 2.29. The lowest BCUT2D eigenvalue weighted by atomic mass is 9.93. The van der Waals surface area contributed by atoms with E-state index in [4.69, 9.17) is 6.42 Å². The Morgan fingerprint density at radius 2 is 1.19 bits per heavy atom. The number of rotatable bonds is 20. The summed E-state index contributed by atoms with van der Waals surface area (Å²) in [7, 11) is 4.95. The van der Waals surface area contributed by atoms with Gasteiger partial charge in [0, 0.05) is 53.0 Å². The van der Waals surface area contributed by atoms with Crippen LogP contribution in [0.1, 0.15) is 132 Å². The van der Waals surface area contributed by atoms with Crippen molar-refractivity contribution in [3.8, 4) is 12.3 Å². The van der Waals surface area contributed by atoms with Crippen molar-refractivity contribution in [3.63, 3.8) is 0 Å². The fraction of sp³-hybridized carbons (Fsp3) is 0.810. The minimum absolute atomic E-state index is 0.0299. The first-order valence-electron chi connectivity index (χ1n) is 20.3. The van der Waals surface area contributed by atoms with E-state index in [1.54, 1.807) is 42.8 Å². The third-order valence-electron chi connectivity index (χ3n) is 11.7. The minimum Gasteiger partial charge on any atom is -0.333 e. The van der Waals surface area contributed by atoms with Crippen LogP contribution in [0.4, 0.5) is 0 Å². The summed E-state index contributed by atoms with van der Waals surface area (Å²) in [6, 6.07) is -3.63. The van der Waals surface area contributed by atoms with Crippen LogP contribution in [0.15, 0.2) is 0 Å². The number of unbranched alkanes of at least 4 members (excludes halogenated alkanes) is 4. The molecule has 0 aliphatic carbocycles. The summed E-state index contributed by atoms with van der Waals surface area (Å²) < 4.78 is 0. The molecule has 53 heavy (non-hydrogen) atoms. The first kappa shape index (κ1) is 45.7. The summed E-state index contributed by atoms with van der Waals surface area (Å²) in [4.78, 5) is 91.4. The van der Waals surface area contributed by atoms with Gasteiger partial charge in [0.25, 0.3) is 0 Å². The number of ketones is 1. The maximum atomic E-state index is 14.6. The van der Waals surface area contributed by atoms with Crippen molar-refractivity contribution in [1.82, 2.24) is 24.5 Å². The topological polar surface area (TPSA) is 119 Å². The van der Waals surface area contributed by atoms with Crippen LogP contribution in [0.3, 0.4) is 0 Å². The summed E-state index contributed by atoms with van der Waals surface area (Å²) in [5, 5.41) is 0. The smallest absolute Gasteiger partial charge is 0.246 e. The van der Waals surface area contributed by atoms with Gasteiger partial charge in [-0.05, 0) is 56.3 Å². The lowest BCUT2D eigenvalue weighted by Gasteiger charge is -2.41. The second kappa shape index (κ2) is 21.5. The predicted octanol–water partition coefficient (Wildman–Crippen LogP) is 5.40. The molecule has 0 saturated carbocycles. The highest BCUT2D eigenvalue weighted by Gasteiger charge is 2.46. The molecule has 2 fully saturated rings. The number of hydrogen-bond acceptors (Lipinski definition) is 6.